The summed E-state index contributed by atoms with van der Waals surface area (Å²) in [5.74, 6) is 1.38. The number of hydrogen-bond acceptors (Lipinski definition) is 8. The van der Waals surface area contributed by atoms with Gasteiger partial charge in [0.05, 0.1) is 11.9 Å². The van der Waals surface area contributed by atoms with Gasteiger partial charge in [0, 0.05) is 61.0 Å². The fourth-order valence-corrected chi connectivity index (χ4v) is 6.14. The van der Waals surface area contributed by atoms with Crippen molar-refractivity contribution >= 4 is 33.2 Å². The van der Waals surface area contributed by atoms with Crippen LogP contribution in [0.25, 0.3) is 11.3 Å². The van der Waals surface area contributed by atoms with Crippen molar-refractivity contribution < 1.29 is 8.42 Å². The first-order valence-corrected chi connectivity index (χ1v) is 13.8. The smallest absolute Gasteiger partial charge is 0.227 e. The van der Waals surface area contributed by atoms with E-state index in [1.807, 2.05) is 30.5 Å². The maximum absolute atomic E-state index is 12.0. The first kappa shape index (κ1) is 23.5. The molecule has 4 heterocycles. The van der Waals surface area contributed by atoms with Gasteiger partial charge < -0.3 is 15.5 Å². The number of piperazine rings is 1. The molecule has 0 saturated carbocycles. The third-order valence-corrected chi connectivity index (χ3v) is 7.95. The molecule has 2 saturated heterocycles. The lowest BCUT2D eigenvalue weighted by Gasteiger charge is -2.35. The summed E-state index contributed by atoms with van der Waals surface area (Å²) in [4.78, 5) is 15.9. The Bertz CT molecular complexity index is 1310. The zero-order chi connectivity index (χ0) is 24.6. The highest BCUT2D eigenvalue weighted by molar-refractivity contribution is 7.88. The lowest BCUT2D eigenvalue weighted by Crippen LogP contribution is -2.48. The monoisotopic (exact) mass is 493 g/mol. The van der Waals surface area contributed by atoms with Crippen molar-refractivity contribution in [1.82, 2.24) is 19.3 Å². The molecule has 2 fully saturated rings. The molecule has 2 aromatic heterocycles. The number of aromatic nitrogens is 3. The summed E-state index contributed by atoms with van der Waals surface area (Å²) in [7, 11) is -3.14. The predicted octanol–water partition coefficient (Wildman–Crippen LogP) is 3.64. The van der Waals surface area contributed by atoms with Gasteiger partial charge in [-0.3, -0.25) is 0 Å². The number of nitrogens with zero attached hydrogens (tertiary/aromatic N) is 5. The highest BCUT2D eigenvalue weighted by Gasteiger charge is 2.47. The number of hydrogen-bond donors (Lipinski definition) is 2. The second kappa shape index (κ2) is 9.43. The van der Waals surface area contributed by atoms with Crippen LogP contribution in [0.3, 0.4) is 0 Å². The third-order valence-electron chi connectivity index (χ3n) is 6.65. The Kier molecular flexibility index (Phi) is 6.33. The number of anilines is 4. The van der Waals surface area contributed by atoms with Gasteiger partial charge in [0.25, 0.3) is 0 Å². The van der Waals surface area contributed by atoms with Gasteiger partial charge in [-0.2, -0.15) is 4.31 Å². The minimum absolute atomic E-state index is 0.0642. The van der Waals surface area contributed by atoms with Crippen LogP contribution in [0.1, 0.15) is 25.3 Å². The van der Waals surface area contributed by atoms with Crippen molar-refractivity contribution in [3.63, 3.8) is 0 Å². The molecule has 2 atom stereocenters. The zero-order valence-corrected chi connectivity index (χ0v) is 21.1. The summed E-state index contributed by atoms with van der Waals surface area (Å²) < 4.78 is 25.6. The van der Waals surface area contributed by atoms with E-state index in [0.29, 0.717) is 12.5 Å². The highest BCUT2D eigenvalue weighted by atomic mass is 32.2. The standard InChI is InChI=1S/C25H31N7O2S/c1-4-10-26-24-8-5-18(14-28-24)22-9-11-27-25(30-22)29-19-6-7-23(17(2)12-19)31-15-21-13-20(31)16-32(21)35(3,33)34/h5-9,11-12,14,20-21H,4,10,13,15-16H2,1-3H3,(H,26,28)(H,27,29,30)/t20-,21-/m0/s1. The Balaban J connectivity index is 1.28. The summed E-state index contributed by atoms with van der Waals surface area (Å²) in [5, 5.41) is 6.59. The minimum Gasteiger partial charge on any atom is -0.370 e. The maximum Gasteiger partial charge on any atom is 0.227 e. The molecule has 0 spiro atoms. The van der Waals surface area contributed by atoms with Gasteiger partial charge in [0.2, 0.25) is 16.0 Å². The summed E-state index contributed by atoms with van der Waals surface area (Å²) >= 11 is 0. The van der Waals surface area contributed by atoms with Crippen LogP contribution in [0.15, 0.2) is 48.8 Å². The molecule has 184 valence electrons. The molecule has 0 radical (unpaired) electrons. The number of benzene rings is 1. The fraction of sp³-hybridized carbons (Fsp3) is 0.400. The van der Waals surface area contributed by atoms with Crippen LogP contribution in [-0.4, -0.2) is 65.6 Å². The van der Waals surface area contributed by atoms with Crippen LogP contribution in [-0.2, 0) is 10.0 Å². The minimum atomic E-state index is -3.14. The largest absolute Gasteiger partial charge is 0.370 e. The average molecular weight is 494 g/mol. The van der Waals surface area contributed by atoms with Crippen molar-refractivity contribution in [3.05, 3.63) is 54.4 Å². The van der Waals surface area contributed by atoms with E-state index in [-0.39, 0.29) is 12.1 Å². The van der Waals surface area contributed by atoms with Gasteiger partial charge in [0.1, 0.15) is 5.82 Å². The van der Waals surface area contributed by atoms with E-state index in [9.17, 15) is 8.42 Å². The molecule has 0 aliphatic carbocycles. The molecule has 5 rings (SSSR count). The molecule has 10 heteroatoms. The molecule has 2 N–H and O–H groups in total. The predicted molar refractivity (Wildman–Crippen MR) is 140 cm³/mol. The van der Waals surface area contributed by atoms with E-state index in [0.717, 1.165) is 59.9 Å². The van der Waals surface area contributed by atoms with Crippen molar-refractivity contribution in [3.8, 4) is 11.3 Å². The van der Waals surface area contributed by atoms with Gasteiger partial charge in [0.15, 0.2) is 0 Å². The number of aryl methyl sites for hydroxylation is 1. The van der Waals surface area contributed by atoms with Crippen molar-refractivity contribution in [2.45, 2.75) is 38.8 Å². The van der Waals surface area contributed by atoms with Crippen LogP contribution < -0.4 is 15.5 Å². The van der Waals surface area contributed by atoms with Crippen LogP contribution in [0.5, 0.6) is 0 Å². The summed E-state index contributed by atoms with van der Waals surface area (Å²) in [6, 6.07) is 12.3. The molecule has 35 heavy (non-hydrogen) atoms. The van der Waals surface area contributed by atoms with Gasteiger partial charge in [-0.1, -0.05) is 6.92 Å². The van der Waals surface area contributed by atoms with E-state index in [1.54, 1.807) is 10.5 Å². The number of pyridine rings is 1. The van der Waals surface area contributed by atoms with E-state index < -0.39 is 10.0 Å². The van der Waals surface area contributed by atoms with Gasteiger partial charge in [-0.15, -0.1) is 0 Å². The molecule has 0 amide bonds. The Labute approximate surface area is 206 Å². The molecule has 2 bridgehead atoms. The molecular formula is C25H31N7O2S. The van der Waals surface area contributed by atoms with E-state index in [2.05, 4.69) is 56.5 Å². The molecule has 2 aliphatic heterocycles. The molecule has 1 aromatic carbocycles. The molecule has 9 nitrogen and oxygen atoms in total. The normalized spacial score (nSPS) is 19.8. The molecule has 0 unspecified atom stereocenters. The summed E-state index contributed by atoms with van der Waals surface area (Å²) in [5.41, 5.74) is 4.91. The number of nitrogens with one attached hydrogen (secondary N) is 2. The summed E-state index contributed by atoms with van der Waals surface area (Å²) in [6.07, 6.45) is 6.79. The average Bonchev–Trinajstić information content (AvgIpc) is 3.45. The van der Waals surface area contributed by atoms with Gasteiger partial charge >= 0.3 is 0 Å². The van der Waals surface area contributed by atoms with E-state index >= 15 is 0 Å². The topological polar surface area (TPSA) is 103 Å². The first-order chi connectivity index (χ1) is 16.8. The Morgan fingerprint density at radius 1 is 1.09 bits per heavy atom. The highest BCUT2D eigenvalue weighted by Crippen LogP contribution is 2.38. The van der Waals surface area contributed by atoms with Gasteiger partial charge in [-0.25, -0.2) is 23.4 Å². The van der Waals surface area contributed by atoms with E-state index in [4.69, 9.17) is 0 Å². The molecular weight excluding hydrogens is 462 g/mol. The van der Waals surface area contributed by atoms with Crippen LogP contribution in [0.4, 0.5) is 23.1 Å². The first-order valence-electron chi connectivity index (χ1n) is 12.0. The summed E-state index contributed by atoms with van der Waals surface area (Å²) in [6.45, 7) is 6.39. The lowest BCUT2D eigenvalue weighted by atomic mass is 10.1. The molecule has 2 aliphatic rings. The SMILES string of the molecule is CCCNc1ccc(-c2ccnc(Nc3ccc(N4C[C@@H]5C[C@H]4CN5S(C)(=O)=O)c(C)c3)n2)cn1. The van der Waals surface area contributed by atoms with Crippen molar-refractivity contribution in [2.75, 3.05) is 41.4 Å². The second-order valence-electron chi connectivity index (χ2n) is 9.28. The number of sulfonamides is 1. The van der Waals surface area contributed by atoms with Crippen molar-refractivity contribution in [2.24, 2.45) is 0 Å². The van der Waals surface area contributed by atoms with Gasteiger partial charge in [-0.05, 0) is 61.7 Å². The fourth-order valence-electron chi connectivity index (χ4n) is 5.00. The zero-order valence-electron chi connectivity index (χ0n) is 20.3. The Morgan fingerprint density at radius 3 is 2.60 bits per heavy atom. The second-order valence-corrected chi connectivity index (χ2v) is 11.2. The van der Waals surface area contributed by atoms with Crippen LogP contribution in [0, 0.1) is 6.92 Å². The Morgan fingerprint density at radius 2 is 1.94 bits per heavy atom. The quantitative estimate of drug-likeness (QED) is 0.490. The van der Waals surface area contributed by atoms with Crippen molar-refractivity contribution in [1.29, 1.82) is 0 Å². The number of rotatable bonds is 8. The van der Waals surface area contributed by atoms with E-state index in [1.165, 1.54) is 6.26 Å². The Hall–Kier alpha value is -3.24. The van der Waals surface area contributed by atoms with Crippen LogP contribution >= 0.6 is 0 Å². The lowest BCUT2D eigenvalue weighted by molar-refractivity contribution is 0.371. The van der Waals surface area contributed by atoms with Crippen LogP contribution in [0.2, 0.25) is 0 Å². The number of fused-ring (bicyclic) bond motifs is 2. The molecule has 3 aromatic rings. The maximum atomic E-state index is 12.0. The third kappa shape index (κ3) is 4.94.